The molecule has 0 bridgehead atoms. The molecule has 0 aromatic carbocycles. The number of hydrogen-bond acceptors (Lipinski definition) is 4. The number of nitrogens with one attached hydrogen (secondary N) is 1. The molecule has 1 unspecified atom stereocenters. The third kappa shape index (κ3) is 4.21. The normalized spacial score (nSPS) is 13.5. The van der Waals surface area contributed by atoms with Gasteiger partial charge in [-0.1, -0.05) is 20.8 Å². The summed E-state index contributed by atoms with van der Waals surface area (Å²) in [5.74, 6) is 0.680. The van der Waals surface area contributed by atoms with Crippen LogP contribution < -0.4 is 5.32 Å². The number of aryl methyl sites for hydroxylation is 1. The summed E-state index contributed by atoms with van der Waals surface area (Å²) in [4.78, 5) is 16.0. The summed E-state index contributed by atoms with van der Waals surface area (Å²) in [7, 11) is 1.39. The fraction of sp³-hybridized carbons (Fsp3) is 0.667. The van der Waals surface area contributed by atoms with Gasteiger partial charge in [0.15, 0.2) is 5.03 Å². The Hall–Kier alpha value is -1.08. The van der Waals surface area contributed by atoms with E-state index in [1.165, 1.54) is 6.20 Å². The van der Waals surface area contributed by atoms with Crippen LogP contribution in [-0.2, 0) is 20.3 Å². The third-order valence-electron chi connectivity index (χ3n) is 2.83. The summed E-state index contributed by atoms with van der Waals surface area (Å²) in [5.41, 5.74) is 0. The SMILES string of the molecule is CCc1nc(S(=O)(=O)Cl)cn1C(C)C(=O)NCC(C)C. The molecule has 1 amide bonds. The molecule has 1 heterocycles. The zero-order valence-electron chi connectivity index (χ0n) is 12.1. The first-order valence-electron chi connectivity index (χ1n) is 6.46. The molecule has 114 valence electrons. The topological polar surface area (TPSA) is 81.1 Å². The fourth-order valence-corrected chi connectivity index (χ4v) is 2.38. The second kappa shape index (κ2) is 6.58. The molecule has 1 aromatic rings. The Balaban J connectivity index is 3.00. The van der Waals surface area contributed by atoms with E-state index < -0.39 is 15.1 Å². The van der Waals surface area contributed by atoms with Crippen LogP contribution in [0.4, 0.5) is 0 Å². The lowest BCUT2D eigenvalue weighted by Crippen LogP contribution is -2.33. The quantitative estimate of drug-likeness (QED) is 0.809. The standard InChI is InChI=1S/C12H20ClN3O3S/c1-5-10-15-11(20(13,18)19)7-16(10)9(4)12(17)14-6-8(2)3/h7-9H,5-6H2,1-4H3,(H,14,17). The molecule has 0 saturated heterocycles. The zero-order valence-corrected chi connectivity index (χ0v) is 13.6. The molecule has 0 spiro atoms. The average molecular weight is 322 g/mol. The van der Waals surface area contributed by atoms with Crippen LogP contribution in [0.1, 0.15) is 39.6 Å². The second-order valence-electron chi connectivity index (χ2n) is 5.01. The van der Waals surface area contributed by atoms with Crippen LogP contribution in [0.15, 0.2) is 11.2 Å². The summed E-state index contributed by atoms with van der Waals surface area (Å²) in [5, 5.41) is 2.59. The number of carbonyl (C=O) groups is 1. The van der Waals surface area contributed by atoms with Crippen LogP contribution in [0.5, 0.6) is 0 Å². The minimum absolute atomic E-state index is 0.177. The number of rotatable bonds is 6. The van der Waals surface area contributed by atoms with Gasteiger partial charge in [-0.3, -0.25) is 4.79 Å². The smallest absolute Gasteiger partial charge is 0.280 e. The van der Waals surface area contributed by atoms with E-state index in [-0.39, 0.29) is 10.9 Å². The first-order chi connectivity index (χ1) is 9.16. The highest BCUT2D eigenvalue weighted by atomic mass is 35.7. The van der Waals surface area contributed by atoms with Crippen molar-refractivity contribution in [1.82, 2.24) is 14.9 Å². The Labute approximate surface area is 123 Å². The van der Waals surface area contributed by atoms with Gasteiger partial charge in [0.05, 0.1) is 0 Å². The van der Waals surface area contributed by atoms with E-state index in [1.807, 2.05) is 20.8 Å². The molecular formula is C12H20ClN3O3S. The summed E-state index contributed by atoms with van der Waals surface area (Å²) >= 11 is 0. The van der Waals surface area contributed by atoms with Crippen LogP contribution in [0.25, 0.3) is 0 Å². The Morgan fingerprint density at radius 3 is 2.50 bits per heavy atom. The average Bonchev–Trinajstić information content (AvgIpc) is 2.78. The van der Waals surface area contributed by atoms with E-state index >= 15 is 0 Å². The highest BCUT2D eigenvalue weighted by Gasteiger charge is 2.23. The van der Waals surface area contributed by atoms with Crippen molar-refractivity contribution in [2.45, 2.75) is 45.2 Å². The van der Waals surface area contributed by atoms with Crippen molar-refractivity contribution in [2.75, 3.05) is 6.54 Å². The molecule has 0 aliphatic carbocycles. The highest BCUT2D eigenvalue weighted by Crippen LogP contribution is 2.19. The zero-order chi connectivity index (χ0) is 15.5. The van der Waals surface area contributed by atoms with E-state index in [4.69, 9.17) is 10.7 Å². The molecule has 6 nitrogen and oxygen atoms in total. The van der Waals surface area contributed by atoms with Gasteiger partial charge in [-0.15, -0.1) is 0 Å². The maximum Gasteiger partial charge on any atom is 0.280 e. The van der Waals surface area contributed by atoms with Gasteiger partial charge >= 0.3 is 0 Å². The van der Waals surface area contributed by atoms with Crippen molar-refractivity contribution in [3.63, 3.8) is 0 Å². The monoisotopic (exact) mass is 321 g/mol. The summed E-state index contributed by atoms with van der Waals surface area (Å²) < 4.78 is 24.2. The molecule has 1 N–H and O–H groups in total. The van der Waals surface area contributed by atoms with E-state index in [9.17, 15) is 13.2 Å². The van der Waals surface area contributed by atoms with Gasteiger partial charge in [-0.2, -0.15) is 0 Å². The minimum atomic E-state index is -3.89. The molecule has 0 aliphatic rings. The van der Waals surface area contributed by atoms with Crippen LogP contribution in [0, 0.1) is 5.92 Å². The highest BCUT2D eigenvalue weighted by molar-refractivity contribution is 8.13. The van der Waals surface area contributed by atoms with Crippen molar-refractivity contribution in [1.29, 1.82) is 0 Å². The van der Waals surface area contributed by atoms with Crippen LogP contribution >= 0.6 is 10.7 Å². The van der Waals surface area contributed by atoms with E-state index in [0.717, 1.165) is 0 Å². The van der Waals surface area contributed by atoms with Crippen molar-refractivity contribution in [2.24, 2.45) is 5.92 Å². The Morgan fingerprint density at radius 1 is 1.45 bits per heavy atom. The fourth-order valence-electron chi connectivity index (χ4n) is 1.70. The van der Waals surface area contributed by atoms with E-state index in [0.29, 0.717) is 24.7 Å². The predicted molar refractivity (Wildman–Crippen MR) is 77.2 cm³/mol. The molecule has 0 radical (unpaired) electrons. The molecule has 0 aliphatic heterocycles. The lowest BCUT2D eigenvalue weighted by atomic mass is 10.2. The molecule has 0 saturated carbocycles. The van der Waals surface area contributed by atoms with Gasteiger partial charge < -0.3 is 9.88 Å². The molecule has 0 fully saturated rings. The van der Waals surface area contributed by atoms with E-state index in [2.05, 4.69) is 10.3 Å². The lowest BCUT2D eigenvalue weighted by molar-refractivity contribution is -0.124. The van der Waals surface area contributed by atoms with Crippen LogP contribution in [0.2, 0.25) is 0 Å². The Kier molecular flexibility index (Phi) is 5.59. The number of amides is 1. The number of halogens is 1. The van der Waals surface area contributed by atoms with Crippen molar-refractivity contribution in [3.8, 4) is 0 Å². The Bertz CT molecular complexity index is 581. The first-order valence-corrected chi connectivity index (χ1v) is 8.77. The lowest BCUT2D eigenvalue weighted by Gasteiger charge is -2.16. The number of imidazole rings is 1. The summed E-state index contributed by atoms with van der Waals surface area (Å²) in [6.45, 7) is 8.10. The van der Waals surface area contributed by atoms with Crippen LogP contribution in [-0.4, -0.2) is 30.4 Å². The van der Waals surface area contributed by atoms with Crippen molar-refractivity contribution in [3.05, 3.63) is 12.0 Å². The minimum Gasteiger partial charge on any atom is -0.354 e. The number of nitrogens with zero attached hydrogens (tertiary/aromatic N) is 2. The summed E-state index contributed by atoms with van der Waals surface area (Å²) in [6.07, 6.45) is 1.81. The largest absolute Gasteiger partial charge is 0.354 e. The molecule has 1 rings (SSSR count). The molecular weight excluding hydrogens is 302 g/mol. The maximum atomic E-state index is 12.0. The number of hydrogen-bond donors (Lipinski definition) is 1. The van der Waals surface area contributed by atoms with Gasteiger partial charge in [0.2, 0.25) is 5.91 Å². The second-order valence-corrected chi connectivity index (χ2v) is 7.52. The van der Waals surface area contributed by atoms with Gasteiger partial charge in [0.1, 0.15) is 11.9 Å². The van der Waals surface area contributed by atoms with Gasteiger partial charge in [0, 0.05) is 29.8 Å². The molecule has 20 heavy (non-hydrogen) atoms. The van der Waals surface area contributed by atoms with Gasteiger partial charge in [-0.25, -0.2) is 13.4 Å². The van der Waals surface area contributed by atoms with Crippen LogP contribution in [0.3, 0.4) is 0 Å². The molecule has 1 aromatic heterocycles. The third-order valence-corrected chi connectivity index (χ3v) is 4.00. The van der Waals surface area contributed by atoms with Gasteiger partial charge in [-0.05, 0) is 12.8 Å². The predicted octanol–water partition coefficient (Wildman–Crippen LogP) is 1.71. The number of aromatic nitrogens is 2. The van der Waals surface area contributed by atoms with Crippen molar-refractivity contribution >= 4 is 25.6 Å². The first kappa shape index (κ1) is 17.0. The number of carbonyl (C=O) groups excluding carboxylic acids is 1. The summed E-state index contributed by atoms with van der Waals surface area (Å²) in [6, 6.07) is -0.539. The van der Waals surface area contributed by atoms with Crippen molar-refractivity contribution < 1.29 is 13.2 Å². The Morgan fingerprint density at radius 2 is 2.05 bits per heavy atom. The maximum absolute atomic E-state index is 12.0. The molecule has 8 heteroatoms. The van der Waals surface area contributed by atoms with Gasteiger partial charge in [0.25, 0.3) is 9.05 Å². The van der Waals surface area contributed by atoms with E-state index in [1.54, 1.807) is 11.5 Å². The molecule has 1 atom stereocenters.